The minimum Gasteiger partial charge on any atom is -0.459 e. The predicted octanol–water partition coefficient (Wildman–Crippen LogP) is 4.73. The Bertz CT molecular complexity index is 1340. The van der Waals surface area contributed by atoms with Crippen LogP contribution in [-0.4, -0.2) is 20.7 Å². The van der Waals surface area contributed by atoms with Crippen molar-refractivity contribution in [2.45, 2.75) is 6.54 Å². The van der Waals surface area contributed by atoms with Gasteiger partial charge in [0.25, 0.3) is 5.89 Å². The molecule has 1 amide bonds. The second-order valence-electron chi connectivity index (χ2n) is 6.64. The molecular formula is C22H15FN4O3. The standard InChI is InChI=1S/C22H15FN4O3/c23-14-5-3-6-15(11-14)24-20(28)13-27-12-17(16-7-1-2-8-18(16)27)21-25-26-22(30-21)19-9-4-10-29-19/h1-12H,13H2,(H,24,28). The summed E-state index contributed by atoms with van der Waals surface area (Å²) < 4.78 is 26.2. The Morgan fingerprint density at radius 3 is 2.73 bits per heavy atom. The molecule has 0 saturated heterocycles. The average molecular weight is 402 g/mol. The van der Waals surface area contributed by atoms with Gasteiger partial charge in [-0.3, -0.25) is 4.79 Å². The van der Waals surface area contributed by atoms with Crippen LogP contribution in [0.3, 0.4) is 0 Å². The molecule has 7 nitrogen and oxygen atoms in total. The molecule has 5 aromatic rings. The summed E-state index contributed by atoms with van der Waals surface area (Å²) in [5, 5.41) is 11.7. The maximum absolute atomic E-state index is 13.4. The van der Waals surface area contributed by atoms with Crippen molar-refractivity contribution in [2.24, 2.45) is 0 Å². The van der Waals surface area contributed by atoms with Gasteiger partial charge in [0.05, 0.1) is 11.8 Å². The third kappa shape index (κ3) is 3.35. The number of carbonyl (C=O) groups excluding carboxylic acids is 1. The molecule has 0 aliphatic carbocycles. The van der Waals surface area contributed by atoms with E-state index in [2.05, 4.69) is 15.5 Å². The first-order valence-electron chi connectivity index (χ1n) is 9.18. The molecule has 0 aliphatic rings. The number of aromatic nitrogens is 3. The van der Waals surface area contributed by atoms with Crippen LogP contribution in [-0.2, 0) is 11.3 Å². The average Bonchev–Trinajstić information content (AvgIpc) is 3.48. The molecule has 3 aromatic heterocycles. The highest BCUT2D eigenvalue weighted by molar-refractivity contribution is 5.96. The van der Waals surface area contributed by atoms with Gasteiger partial charge in [-0.2, -0.15) is 0 Å². The molecule has 0 saturated carbocycles. The largest absolute Gasteiger partial charge is 0.459 e. The van der Waals surface area contributed by atoms with E-state index in [1.165, 1.54) is 18.4 Å². The van der Waals surface area contributed by atoms with Crippen molar-refractivity contribution in [3.8, 4) is 23.1 Å². The van der Waals surface area contributed by atoms with Crippen molar-refractivity contribution >= 4 is 22.5 Å². The Morgan fingerprint density at radius 1 is 1.03 bits per heavy atom. The van der Waals surface area contributed by atoms with Crippen molar-refractivity contribution in [3.63, 3.8) is 0 Å². The molecular weight excluding hydrogens is 387 g/mol. The van der Waals surface area contributed by atoms with Crippen LogP contribution in [0.5, 0.6) is 0 Å². The maximum atomic E-state index is 13.4. The van der Waals surface area contributed by atoms with Gasteiger partial charge in [-0.05, 0) is 36.4 Å². The molecule has 0 radical (unpaired) electrons. The Morgan fingerprint density at radius 2 is 1.90 bits per heavy atom. The van der Waals surface area contributed by atoms with Crippen molar-refractivity contribution < 1.29 is 18.0 Å². The van der Waals surface area contributed by atoms with Gasteiger partial charge in [-0.25, -0.2) is 4.39 Å². The first-order valence-corrected chi connectivity index (χ1v) is 9.18. The van der Waals surface area contributed by atoms with Crippen LogP contribution in [0, 0.1) is 5.82 Å². The van der Waals surface area contributed by atoms with Gasteiger partial charge in [0.15, 0.2) is 5.76 Å². The van der Waals surface area contributed by atoms with E-state index in [9.17, 15) is 9.18 Å². The fourth-order valence-corrected chi connectivity index (χ4v) is 3.30. The number of nitrogens with zero attached hydrogens (tertiary/aromatic N) is 3. The Balaban J connectivity index is 1.46. The Labute approximate surface area is 169 Å². The summed E-state index contributed by atoms with van der Waals surface area (Å²) in [6.07, 6.45) is 3.32. The summed E-state index contributed by atoms with van der Waals surface area (Å²) in [6.45, 7) is 0.0379. The molecule has 0 atom stereocenters. The van der Waals surface area contributed by atoms with Gasteiger partial charge < -0.3 is 18.7 Å². The molecule has 0 aliphatic heterocycles. The number of nitrogens with one attached hydrogen (secondary N) is 1. The predicted molar refractivity (Wildman–Crippen MR) is 108 cm³/mol. The van der Waals surface area contributed by atoms with Gasteiger partial charge in [-0.1, -0.05) is 24.3 Å². The fraction of sp³-hybridized carbons (Fsp3) is 0.0455. The van der Waals surface area contributed by atoms with E-state index in [1.807, 2.05) is 24.3 Å². The van der Waals surface area contributed by atoms with Crippen molar-refractivity contribution in [3.05, 3.63) is 78.9 Å². The van der Waals surface area contributed by atoms with Crippen LogP contribution in [0.4, 0.5) is 10.1 Å². The number of hydrogen-bond acceptors (Lipinski definition) is 5. The van der Waals surface area contributed by atoms with E-state index < -0.39 is 5.82 Å². The summed E-state index contributed by atoms with van der Waals surface area (Å²) in [5.41, 5.74) is 1.94. The quantitative estimate of drug-likeness (QED) is 0.459. The summed E-state index contributed by atoms with van der Waals surface area (Å²) in [7, 11) is 0. The highest BCUT2D eigenvalue weighted by Gasteiger charge is 2.18. The molecule has 3 heterocycles. The van der Waals surface area contributed by atoms with Crippen LogP contribution in [0.25, 0.3) is 34.0 Å². The molecule has 5 rings (SSSR count). The van der Waals surface area contributed by atoms with Crippen molar-refractivity contribution in [1.29, 1.82) is 0 Å². The highest BCUT2D eigenvalue weighted by Crippen LogP contribution is 2.31. The van der Waals surface area contributed by atoms with Gasteiger partial charge in [0, 0.05) is 22.8 Å². The van der Waals surface area contributed by atoms with E-state index in [1.54, 1.807) is 35.0 Å². The van der Waals surface area contributed by atoms with E-state index >= 15 is 0 Å². The summed E-state index contributed by atoms with van der Waals surface area (Å²) in [5.74, 6) is 0.379. The zero-order valence-corrected chi connectivity index (χ0v) is 15.6. The minimum absolute atomic E-state index is 0.0379. The summed E-state index contributed by atoms with van der Waals surface area (Å²) in [4.78, 5) is 12.5. The Kier molecular flexibility index (Phi) is 4.36. The molecule has 1 N–H and O–H groups in total. The number of anilines is 1. The summed E-state index contributed by atoms with van der Waals surface area (Å²) in [6, 6.07) is 16.8. The maximum Gasteiger partial charge on any atom is 0.283 e. The second-order valence-corrected chi connectivity index (χ2v) is 6.64. The third-order valence-corrected chi connectivity index (χ3v) is 4.60. The van der Waals surface area contributed by atoms with Crippen molar-refractivity contribution in [2.75, 3.05) is 5.32 Å². The third-order valence-electron chi connectivity index (χ3n) is 4.60. The molecule has 0 fully saturated rings. The molecule has 0 bridgehead atoms. The van der Waals surface area contributed by atoms with Crippen molar-refractivity contribution in [1.82, 2.24) is 14.8 Å². The SMILES string of the molecule is O=C(Cn1cc(-c2nnc(-c3ccco3)o2)c2ccccc21)Nc1cccc(F)c1. The highest BCUT2D eigenvalue weighted by atomic mass is 19.1. The van der Waals surface area contributed by atoms with E-state index in [4.69, 9.17) is 8.83 Å². The Hall–Kier alpha value is -4.20. The number of amides is 1. The lowest BCUT2D eigenvalue weighted by Crippen LogP contribution is -2.18. The monoisotopic (exact) mass is 402 g/mol. The first-order chi connectivity index (χ1) is 14.7. The zero-order chi connectivity index (χ0) is 20.5. The lowest BCUT2D eigenvalue weighted by molar-refractivity contribution is -0.116. The molecule has 148 valence electrons. The lowest BCUT2D eigenvalue weighted by atomic mass is 10.2. The van der Waals surface area contributed by atoms with Crippen LogP contribution in [0.15, 0.2) is 82.0 Å². The van der Waals surface area contributed by atoms with Gasteiger partial charge in [0.2, 0.25) is 11.8 Å². The number of para-hydroxylation sites is 1. The normalized spacial score (nSPS) is 11.1. The molecule has 8 heteroatoms. The van der Waals surface area contributed by atoms with Crippen LogP contribution in [0.2, 0.25) is 0 Å². The van der Waals surface area contributed by atoms with Crippen LogP contribution >= 0.6 is 0 Å². The summed E-state index contributed by atoms with van der Waals surface area (Å²) >= 11 is 0. The smallest absolute Gasteiger partial charge is 0.283 e. The second kappa shape index (κ2) is 7.32. The molecule has 0 unspecified atom stereocenters. The van der Waals surface area contributed by atoms with E-state index in [-0.39, 0.29) is 18.3 Å². The fourth-order valence-electron chi connectivity index (χ4n) is 3.30. The molecule has 30 heavy (non-hydrogen) atoms. The molecule has 0 spiro atoms. The van der Waals surface area contributed by atoms with Gasteiger partial charge in [-0.15, -0.1) is 10.2 Å². The first kappa shape index (κ1) is 17.9. The number of halogens is 1. The van der Waals surface area contributed by atoms with E-state index in [0.717, 1.165) is 10.9 Å². The molecule has 2 aromatic carbocycles. The number of rotatable bonds is 5. The number of carbonyl (C=O) groups is 1. The minimum atomic E-state index is -0.412. The number of furan rings is 1. The van der Waals surface area contributed by atoms with Gasteiger partial charge in [0.1, 0.15) is 12.4 Å². The number of hydrogen-bond donors (Lipinski definition) is 1. The van der Waals surface area contributed by atoms with Gasteiger partial charge >= 0.3 is 0 Å². The van der Waals surface area contributed by atoms with Crippen LogP contribution < -0.4 is 5.32 Å². The number of benzene rings is 2. The number of fused-ring (bicyclic) bond motifs is 1. The zero-order valence-electron chi connectivity index (χ0n) is 15.6. The topological polar surface area (TPSA) is 86.1 Å². The lowest BCUT2D eigenvalue weighted by Gasteiger charge is -2.07. The van der Waals surface area contributed by atoms with E-state index in [0.29, 0.717) is 22.9 Å². The van der Waals surface area contributed by atoms with Crippen LogP contribution in [0.1, 0.15) is 0 Å².